The molecular formula is C13H23N3O. The topological polar surface area (TPSA) is 30.3 Å². The number of aryl methyl sites for hydroxylation is 2. The molecule has 1 saturated heterocycles. The number of ether oxygens (including phenoxy) is 1. The molecule has 1 aromatic heterocycles. The molecule has 0 aromatic carbocycles. The van der Waals surface area contributed by atoms with Gasteiger partial charge in [0, 0.05) is 32.1 Å². The molecule has 0 saturated carbocycles. The van der Waals surface area contributed by atoms with Crippen LogP contribution in [0, 0.1) is 6.92 Å². The number of hydrogen-bond acceptors (Lipinski definition) is 3. The Morgan fingerprint density at radius 1 is 1.59 bits per heavy atom. The van der Waals surface area contributed by atoms with Crippen molar-refractivity contribution < 1.29 is 4.74 Å². The van der Waals surface area contributed by atoms with Crippen LogP contribution in [0.5, 0.6) is 0 Å². The summed E-state index contributed by atoms with van der Waals surface area (Å²) in [5.74, 6) is 1.10. The summed E-state index contributed by atoms with van der Waals surface area (Å²) >= 11 is 0. The van der Waals surface area contributed by atoms with Crippen LogP contribution in [-0.2, 0) is 11.3 Å². The minimum absolute atomic E-state index is 0.468. The molecular weight excluding hydrogens is 214 g/mol. The van der Waals surface area contributed by atoms with E-state index in [0.717, 1.165) is 32.1 Å². The van der Waals surface area contributed by atoms with Gasteiger partial charge in [0.1, 0.15) is 5.82 Å². The molecule has 0 amide bonds. The molecule has 1 aromatic rings. The molecule has 1 aliphatic heterocycles. The van der Waals surface area contributed by atoms with Crippen molar-refractivity contribution in [2.75, 3.05) is 26.7 Å². The smallest absolute Gasteiger partial charge is 0.105 e. The summed E-state index contributed by atoms with van der Waals surface area (Å²) in [4.78, 5) is 6.60. The maximum atomic E-state index is 5.64. The van der Waals surface area contributed by atoms with E-state index in [1.54, 1.807) is 0 Å². The molecule has 0 bridgehead atoms. The summed E-state index contributed by atoms with van der Waals surface area (Å²) in [7, 11) is 2.18. The van der Waals surface area contributed by atoms with Gasteiger partial charge in [-0.25, -0.2) is 4.98 Å². The Hall–Kier alpha value is -0.870. The molecule has 96 valence electrons. The average Bonchev–Trinajstić information content (AvgIpc) is 2.91. The van der Waals surface area contributed by atoms with Crippen molar-refractivity contribution in [2.24, 2.45) is 0 Å². The summed E-state index contributed by atoms with van der Waals surface area (Å²) in [5.41, 5.74) is 0. The lowest BCUT2D eigenvalue weighted by Gasteiger charge is -2.20. The summed E-state index contributed by atoms with van der Waals surface area (Å²) in [6.07, 6.45) is 8.01. The second-order valence-corrected chi connectivity index (χ2v) is 4.92. The highest BCUT2D eigenvalue weighted by atomic mass is 16.5. The highest BCUT2D eigenvalue weighted by molar-refractivity contribution is 4.88. The van der Waals surface area contributed by atoms with E-state index in [1.165, 1.54) is 19.3 Å². The first kappa shape index (κ1) is 12.6. The lowest BCUT2D eigenvalue weighted by molar-refractivity contribution is 0.0806. The first-order valence-electron chi connectivity index (χ1n) is 6.53. The van der Waals surface area contributed by atoms with Gasteiger partial charge in [0.05, 0.1) is 6.10 Å². The van der Waals surface area contributed by atoms with Crippen LogP contribution in [0.1, 0.15) is 25.1 Å². The van der Waals surface area contributed by atoms with Gasteiger partial charge >= 0.3 is 0 Å². The fourth-order valence-corrected chi connectivity index (χ4v) is 2.38. The first-order chi connectivity index (χ1) is 8.25. The van der Waals surface area contributed by atoms with Crippen molar-refractivity contribution in [3.63, 3.8) is 0 Å². The third kappa shape index (κ3) is 3.82. The molecule has 0 radical (unpaired) electrons. The third-order valence-electron chi connectivity index (χ3n) is 3.40. The molecule has 2 rings (SSSR count). The molecule has 4 heteroatoms. The Morgan fingerprint density at radius 3 is 3.12 bits per heavy atom. The Bertz CT molecular complexity index is 331. The van der Waals surface area contributed by atoms with E-state index < -0.39 is 0 Å². The number of imidazole rings is 1. The summed E-state index contributed by atoms with van der Waals surface area (Å²) in [5, 5.41) is 0. The van der Waals surface area contributed by atoms with Gasteiger partial charge < -0.3 is 14.2 Å². The van der Waals surface area contributed by atoms with E-state index in [2.05, 4.69) is 34.6 Å². The quantitative estimate of drug-likeness (QED) is 0.754. The van der Waals surface area contributed by atoms with Crippen molar-refractivity contribution in [1.82, 2.24) is 14.5 Å². The second kappa shape index (κ2) is 6.17. The van der Waals surface area contributed by atoms with Crippen LogP contribution in [0.2, 0.25) is 0 Å². The summed E-state index contributed by atoms with van der Waals surface area (Å²) < 4.78 is 7.85. The molecule has 1 atom stereocenters. The number of likely N-dealkylation sites (N-methyl/N-ethyl adjacent to an activating group) is 1. The zero-order chi connectivity index (χ0) is 12.1. The molecule has 17 heavy (non-hydrogen) atoms. The standard InChI is InChI=1S/C13H23N3O/c1-12-14-6-9-16(12)8-4-7-15(2)11-13-5-3-10-17-13/h6,9,13H,3-5,7-8,10-11H2,1-2H3. The van der Waals surface area contributed by atoms with Crippen molar-refractivity contribution in [3.05, 3.63) is 18.2 Å². The molecule has 1 fully saturated rings. The predicted octanol–water partition coefficient (Wildman–Crippen LogP) is 1.69. The van der Waals surface area contributed by atoms with Gasteiger partial charge in [-0.15, -0.1) is 0 Å². The van der Waals surface area contributed by atoms with E-state index in [9.17, 15) is 0 Å². The minimum atomic E-state index is 0.468. The van der Waals surface area contributed by atoms with E-state index in [4.69, 9.17) is 4.74 Å². The van der Waals surface area contributed by atoms with Crippen LogP contribution in [-0.4, -0.2) is 47.3 Å². The van der Waals surface area contributed by atoms with Crippen molar-refractivity contribution >= 4 is 0 Å². The minimum Gasteiger partial charge on any atom is -0.377 e. The SMILES string of the molecule is Cc1nccn1CCCN(C)CC1CCCO1. The largest absolute Gasteiger partial charge is 0.377 e. The number of aromatic nitrogens is 2. The summed E-state index contributed by atoms with van der Waals surface area (Å²) in [6, 6.07) is 0. The molecule has 1 aliphatic rings. The maximum Gasteiger partial charge on any atom is 0.105 e. The normalized spacial score (nSPS) is 20.3. The van der Waals surface area contributed by atoms with Crippen LogP contribution >= 0.6 is 0 Å². The first-order valence-corrected chi connectivity index (χ1v) is 6.53. The molecule has 2 heterocycles. The van der Waals surface area contributed by atoms with E-state index in [1.807, 2.05) is 6.20 Å². The zero-order valence-corrected chi connectivity index (χ0v) is 10.9. The predicted molar refractivity (Wildman–Crippen MR) is 68.1 cm³/mol. The summed E-state index contributed by atoms with van der Waals surface area (Å²) in [6.45, 7) is 6.25. The fraction of sp³-hybridized carbons (Fsp3) is 0.769. The average molecular weight is 237 g/mol. The van der Waals surface area contributed by atoms with Gasteiger partial charge in [-0.3, -0.25) is 0 Å². The van der Waals surface area contributed by atoms with E-state index >= 15 is 0 Å². The Kier molecular flexibility index (Phi) is 4.57. The highest BCUT2D eigenvalue weighted by Gasteiger charge is 2.16. The number of rotatable bonds is 6. The van der Waals surface area contributed by atoms with E-state index in [-0.39, 0.29) is 0 Å². The molecule has 4 nitrogen and oxygen atoms in total. The van der Waals surface area contributed by atoms with Gasteiger partial charge in [-0.2, -0.15) is 0 Å². The molecule has 0 spiro atoms. The van der Waals surface area contributed by atoms with Gasteiger partial charge in [0.2, 0.25) is 0 Å². The lowest BCUT2D eigenvalue weighted by Crippen LogP contribution is -2.30. The Morgan fingerprint density at radius 2 is 2.47 bits per heavy atom. The van der Waals surface area contributed by atoms with Crippen molar-refractivity contribution in [1.29, 1.82) is 0 Å². The Labute approximate surface area is 104 Å². The van der Waals surface area contributed by atoms with Crippen molar-refractivity contribution in [2.45, 2.75) is 38.8 Å². The van der Waals surface area contributed by atoms with Gasteiger partial charge in [0.25, 0.3) is 0 Å². The lowest BCUT2D eigenvalue weighted by atomic mass is 10.2. The van der Waals surface area contributed by atoms with Crippen LogP contribution in [0.15, 0.2) is 12.4 Å². The number of nitrogens with zero attached hydrogens (tertiary/aromatic N) is 3. The van der Waals surface area contributed by atoms with Crippen LogP contribution in [0.3, 0.4) is 0 Å². The Balaban J connectivity index is 1.62. The molecule has 0 N–H and O–H groups in total. The van der Waals surface area contributed by atoms with Crippen LogP contribution in [0.25, 0.3) is 0 Å². The monoisotopic (exact) mass is 237 g/mol. The van der Waals surface area contributed by atoms with E-state index in [0.29, 0.717) is 6.10 Å². The second-order valence-electron chi connectivity index (χ2n) is 4.92. The van der Waals surface area contributed by atoms with Crippen LogP contribution < -0.4 is 0 Å². The highest BCUT2D eigenvalue weighted by Crippen LogP contribution is 2.12. The number of hydrogen-bond donors (Lipinski definition) is 0. The van der Waals surface area contributed by atoms with Gasteiger partial charge in [0.15, 0.2) is 0 Å². The van der Waals surface area contributed by atoms with Gasteiger partial charge in [-0.05, 0) is 39.8 Å². The molecule has 1 unspecified atom stereocenters. The third-order valence-corrected chi connectivity index (χ3v) is 3.40. The van der Waals surface area contributed by atoms with Crippen molar-refractivity contribution in [3.8, 4) is 0 Å². The maximum absolute atomic E-state index is 5.64. The molecule has 0 aliphatic carbocycles. The van der Waals surface area contributed by atoms with Crippen LogP contribution in [0.4, 0.5) is 0 Å². The fourth-order valence-electron chi connectivity index (χ4n) is 2.38. The zero-order valence-electron chi connectivity index (χ0n) is 10.9. The van der Waals surface area contributed by atoms with Gasteiger partial charge in [-0.1, -0.05) is 0 Å².